The molecule has 4 heteroatoms. The zero-order valence-electron chi connectivity index (χ0n) is 20.2. The number of hydrogen-bond acceptors (Lipinski definition) is 3. The van der Waals surface area contributed by atoms with Crippen LogP contribution in [0.3, 0.4) is 0 Å². The molecule has 1 N–H and O–H groups in total. The minimum absolute atomic E-state index is 0.609. The highest BCUT2D eigenvalue weighted by Crippen LogP contribution is 2.36. The molecule has 36 heavy (non-hydrogen) atoms. The summed E-state index contributed by atoms with van der Waals surface area (Å²) in [5.74, 6) is 0.916. The van der Waals surface area contributed by atoms with Crippen molar-refractivity contribution in [2.45, 2.75) is 19.8 Å². The molecule has 6 aromatic rings. The van der Waals surface area contributed by atoms with Crippen molar-refractivity contribution in [1.82, 2.24) is 15.0 Å². The third-order valence-corrected chi connectivity index (χ3v) is 6.82. The average Bonchev–Trinajstić information content (AvgIpc) is 3.37. The summed E-state index contributed by atoms with van der Waals surface area (Å²) in [7, 11) is 0. The van der Waals surface area contributed by atoms with E-state index >= 15 is 0 Å². The Bertz CT molecular complexity index is 1640. The van der Waals surface area contributed by atoms with Gasteiger partial charge in [0.2, 0.25) is 0 Å². The molecule has 0 saturated heterocycles. The number of nitrogens with one attached hydrogen (secondary N) is 1. The summed E-state index contributed by atoms with van der Waals surface area (Å²) in [5.41, 5.74) is 8.20. The molecule has 0 aliphatic heterocycles. The van der Waals surface area contributed by atoms with E-state index in [1.165, 1.54) is 33.0 Å². The molecule has 4 nitrogen and oxygen atoms in total. The maximum atomic E-state index is 6.39. The van der Waals surface area contributed by atoms with E-state index in [4.69, 9.17) is 4.74 Å². The lowest BCUT2D eigenvalue weighted by molar-refractivity contribution is 0.323. The summed E-state index contributed by atoms with van der Waals surface area (Å²) in [4.78, 5) is 12.0. The van der Waals surface area contributed by atoms with Gasteiger partial charge in [-0.2, -0.15) is 0 Å². The summed E-state index contributed by atoms with van der Waals surface area (Å²) in [6.45, 7) is 2.78. The average molecular weight is 470 g/mol. The van der Waals surface area contributed by atoms with E-state index in [-0.39, 0.29) is 0 Å². The Morgan fingerprint density at radius 1 is 0.750 bits per heavy atom. The lowest BCUT2D eigenvalue weighted by Crippen LogP contribution is -2.03. The van der Waals surface area contributed by atoms with Crippen molar-refractivity contribution in [2.24, 2.45) is 0 Å². The van der Waals surface area contributed by atoms with Crippen molar-refractivity contribution in [1.29, 1.82) is 0 Å². The minimum atomic E-state index is 0.609. The quantitative estimate of drug-likeness (QED) is 0.261. The van der Waals surface area contributed by atoms with Crippen LogP contribution in [0.25, 0.3) is 43.9 Å². The van der Waals surface area contributed by atoms with Crippen LogP contribution in [0.2, 0.25) is 0 Å². The van der Waals surface area contributed by atoms with Crippen LogP contribution in [0.5, 0.6) is 5.75 Å². The van der Waals surface area contributed by atoms with Crippen LogP contribution < -0.4 is 4.74 Å². The maximum Gasteiger partial charge on any atom is 0.127 e. The van der Waals surface area contributed by atoms with Crippen LogP contribution in [0.4, 0.5) is 0 Å². The second-order valence-corrected chi connectivity index (χ2v) is 9.01. The molecule has 0 aliphatic rings. The van der Waals surface area contributed by atoms with Crippen LogP contribution in [0.15, 0.2) is 104 Å². The van der Waals surface area contributed by atoms with E-state index in [0.717, 1.165) is 40.6 Å². The molecule has 3 aromatic heterocycles. The Kier molecular flexibility index (Phi) is 5.92. The van der Waals surface area contributed by atoms with E-state index in [1.807, 2.05) is 37.1 Å². The number of aryl methyl sites for hydroxylation is 1. The molecule has 0 fully saturated rings. The summed E-state index contributed by atoms with van der Waals surface area (Å²) in [6, 6.07) is 25.7. The van der Waals surface area contributed by atoms with Gasteiger partial charge in [0.15, 0.2) is 0 Å². The lowest BCUT2D eigenvalue weighted by atomic mass is 9.98. The van der Waals surface area contributed by atoms with Crippen LogP contribution in [0.1, 0.15) is 18.1 Å². The number of rotatable bonds is 7. The minimum Gasteiger partial charge on any atom is -0.493 e. The zero-order chi connectivity index (χ0) is 24.3. The molecule has 0 bridgehead atoms. The van der Waals surface area contributed by atoms with Gasteiger partial charge in [0.25, 0.3) is 0 Å². The number of ether oxygens (including phenoxy) is 1. The van der Waals surface area contributed by atoms with Crippen molar-refractivity contribution in [3.63, 3.8) is 0 Å². The van der Waals surface area contributed by atoms with Crippen LogP contribution >= 0.6 is 0 Å². The Labute approximate surface area is 210 Å². The second-order valence-electron chi connectivity index (χ2n) is 9.01. The Morgan fingerprint density at radius 3 is 2.42 bits per heavy atom. The largest absolute Gasteiger partial charge is 0.493 e. The van der Waals surface area contributed by atoms with E-state index in [1.54, 1.807) is 0 Å². The van der Waals surface area contributed by atoms with Gasteiger partial charge in [-0.3, -0.25) is 9.97 Å². The van der Waals surface area contributed by atoms with Crippen molar-refractivity contribution < 1.29 is 4.74 Å². The predicted octanol–water partition coefficient (Wildman–Crippen LogP) is 7.63. The van der Waals surface area contributed by atoms with Gasteiger partial charge in [0.05, 0.1) is 6.61 Å². The summed E-state index contributed by atoms with van der Waals surface area (Å²) in [5, 5.41) is 3.48. The van der Waals surface area contributed by atoms with Crippen molar-refractivity contribution in [2.75, 3.05) is 6.61 Å². The third-order valence-electron chi connectivity index (χ3n) is 6.82. The maximum absolute atomic E-state index is 6.39. The van der Waals surface area contributed by atoms with Crippen molar-refractivity contribution in [3.8, 4) is 28.0 Å². The third kappa shape index (κ3) is 4.22. The number of benzene rings is 3. The van der Waals surface area contributed by atoms with Gasteiger partial charge in [0, 0.05) is 64.8 Å². The molecule has 0 spiro atoms. The Morgan fingerprint density at radius 2 is 1.56 bits per heavy atom. The number of aromatic nitrogens is 3. The standard InChI is InChI=1S/C32H27N3O/c1-2-22-8-11-27(29-21-35-31-13-16-34-20-30(29)31)32(18-22)36-17-14-23-6-9-25(10-7-23)26-5-3-4-24-12-15-33-19-28(24)26/h3-13,15-16,18-21,35H,2,14,17H2,1H3. The van der Waals surface area contributed by atoms with Crippen LogP contribution in [-0.2, 0) is 12.8 Å². The molecular weight excluding hydrogens is 442 g/mol. The van der Waals surface area contributed by atoms with E-state index in [9.17, 15) is 0 Å². The number of aromatic amines is 1. The monoisotopic (exact) mass is 469 g/mol. The molecule has 6 rings (SSSR count). The van der Waals surface area contributed by atoms with Gasteiger partial charge in [-0.15, -0.1) is 0 Å². The first-order valence-electron chi connectivity index (χ1n) is 12.4. The summed E-state index contributed by atoms with van der Waals surface area (Å²) < 4.78 is 6.39. The smallest absolute Gasteiger partial charge is 0.127 e. The molecule has 0 unspecified atom stereocenters. The summed E-state index contributed by atoms with van der Waals surface area (Å²) in [6.07, 6.45) is 11.3. The lowest BCUT2D eigenvalue weighted by Gasteiger charge is -2.13. The predicted molar refractivity (Wildman–Crippen MR) is 147 cm³/mol. The molecule has 0 saturated carbocycles. The Balaban J connectivity index is 1.21. The molecule has 176 valence electrons. The number of pyridine rings is 2. The topological polar surface area (TPSA) is 50.8 Å². The Hall–Kier alpha value is -4.44. The van der Waals surface area contributed by atoms with E-state index in [0.29, 0.717) is 6.61 Å². The first-order chi connectivity index (χ1) is 17.8. The molecule has 0 aliphatic carbocycles. The second kappa shape index (κ2) is 9.67. The number of fused-ring (bicyclic) bond motifs is 2. The normalized spacial score (nSPS) is 11.2. The van der Waals surface area contributed by atoms with Gasteiger partial charge in [-0.05, 0) is 52.3 Å². The first-order valence-corrected chi connectivity index (χ1v) is 12.4. The van der Waals surface area contributed by atoms with Crippen molar-refractivity contribution >= 4 is 21.7 Å². The zero-order valence-corrected chi connectivity index (χ0v) is 20.2. The molecule has 0 radical (unpaired) electrons. The fourth-order valence-corrected chi connectivity index (χ4v) is 4.81. The van der Waals surface area contributed by atoms with Gasteiger partial charge in [-0.25, -0.2) is 0 Å². The highest BCUT2D eigenvalue weighted by molar-refractivity contribution is 5.97. The van der Waals surface area contributed by atoms with Gasteiger partial charge in [0.1, 0.15) is 5.75 Å². The molecule has 0 amide bonds. The van der Waals surface area contributed by atoms with Crippen LogP contribution in [0, 0.1) is 0 Å². The van der Waals surface area contributed by atoms with Crippen LogP contribution in [-0.4, -0.2) is 21.6 Å². The van der Waals surface area contributed by atoms with E-state index < -0.39 is 0 Å². The fraction of sp³-hybridized carbons (Fsp3) is 0.125. The SMILES string of the molecule is CCc1ccc(-c2c[nH]c3ccncc23)c(OCCc2ccc(-c3cccc4ccncc34)cc2)c1. The highest BCUT2D eigenvalue weighted by atomic mass is 16.5. The highest BCUT2D eigenvalue weighted by Gasteiger charge is 2.13. The molecular formula is C32H27N3O. The molecule has 0 atom stereocenters. The number of hydrogen-bond donors (Lipinski definition) is 1. The first kappa shape index (κ1) is 22.1. The molecule has 3 heterocycles. The summed E-state index contributed by atoms with van der Waals surface area (Å²) >= 11 is 0. The van der Waals surface area contributed by atoms with Crippen molar-refractivity contribution in [3.05, 3.63) is 115 Å². The van der Waals surface area contributed by atoms with Gasteiger partial charge in [-0.1, -0.05) is 61.5 Å². The number of nitrogens with zero attached hydrogens (tertiary/aromatic N) is 2. The molecule has 3 aromatic carbocycles. The van der Waals surface area contributed by atoms with E-state index in [2.05, 4.69) is 88.6 Å². The fourth-order valence-electron chi connectivity index (χ4n) is 4.81. The van der Waals surface area contributed by atoms with Gasteiger partial charge < -0.3 is 9.72 Å². The van der Waals surface area contributed by atoms with Gasteiger partial charge >= 0.3 is 0 Å². The number of H-pyrrole nitrogens is 1.